The lowest BCUT2D eigenvalue weighted by Gasteiger charge is -2.10. The van der Waals surface area contributed by atoms with Crippen molar-refractivity contribution in [3.8, 4) is 0 Å². The van der Waals surface area contributed by atoms with Crippen molar-refractivity contribution in [1.82, 2.24) is 10.3 Å². The lowest BCUT2D eigenvalue weighted by molar-refractivity contribution is -0.120. The number of amides is 1. The molecule has 0 aliphatic carbocycles. The highest BCUT2D eigenvalue weighted by atomic mass is 32.2. The molecule has 23 heavy (non-hydrogen) atoms. The second kappa shape index (κ2) is 7.15. The van der Waals surface area contributed by atoms with Gasteiger partial charge in [0.05, 0.1) is 15.5 Å². The van der Waals surface area contributed by atoms with E-state index in [0.29, 0.717) is 6.54 Å². The summed E-state index contributed by atoms with van der Waals surface area (Å²) in [6, 6.07) is 16.2. The topological polar surface area (TPSA) is 42.0 Å². The first-order valence-corrected chi connectivity index (χ1v) is 9.17. The van der Waals surface area contributed by atoms with Gasteiger partial charge in [0.15, 0.2) is 4.34 Å². The molecule has 1 unspecified atom stereocenters. The maximum atomic E-state index is 12.2. The molecule has 5 heteroatoms. The Morgan fingerprint density at radius 2 is 1.96 bits per heavy atom. The summed E-state index contributed by atoms with van der Waals surface area (Å²) in [5, 5.41) is 2.82. The maximum Gasteiger partial charge on any atom is 0.233 e. The molecule has 0 fully saturated rings. The van der Waals surface area contributed by atoms with Gasteiger partial charge < -0.3 is 5.32 Å². The second-order valence-corrected chi connectivity index (χ2v) is 8.03. The largest absolute Gasteiger partial charge is 0.351 e. The van der Waals surface area contributed by atoms with Crippen molar-refractivity contribution in [2.24, 2.45) is 0 Å². The molecule has 1 atom stereocenters. The van der Waals surface area contributed by atoms with E-state index >= 15 is 0 Å². The number of benzene rings is 2. The van der Waals surface area contributed by atoms with E-state index in [1.54, 1.807) is 11.3 Å². The summed E-state index contributed by atoms with van der Waals surface area (Å²) in [7, 11) is 0. The van der Waals surface area contributed by atoms with Crippen molar-refractivity contribution in [2.45, 2.75) is 30.0 Å². The SMILES string of the molecule is Cc1ccc(CNC(=O)C(C)Sc2nc3ccccc3s2)cc1. The van der Waals surface area contributed by atoms with E-state index in [-0.39, 0.29) is 11.2 Å². The van der Waals surface area contributed by atoms with Crippen LogP contribution < -0.4 is 5.32 Å². The number of aryl methyl sites for hydroxylation is 1. The van der Waals surface area contributed by atoms with Gasteiger partial charge in [-0.2, -0.15) is 0 Å². The molecule has 0 aliphatic heterocycles. The van der Waals surface area contributed by atoms with E-state index in [2.05, 4.69) is 35.4 Å². The quantitative estimate of drug-likeness (QED) is 0.699. The van der Waals surface area contributed by atoms with Gasteiger partial charge in [-0.1, -0.05) is 53.7 Å². The van der Waals surface area contributed by atoms with Gasteiger partial charge >= 0.3 is 0 Å². The Bertz CT molecular complexity index is 778. The Hall–Kier alpha value is -1.85. The molecule has 1 heterocycles. The van der Waals surface area contributed by atoms with Crippen LogP contribution >= 0.6 is 23.1 Å². The minimum Gasteiger partial charge on any atom is -0.351 e. The number of nitrogens with one attached hydrogen (secondary N) is 1. The average molecular weight is 342 g/mol. The van der Waals surface area contributed by atoms with Crippen LogP contribution in [0.3, 0.4) is 0 Å². The minimum atomic E-state index is -0.166. The Kier molecular flexibility index (Phi) is 4.98. The summed E-state index contributed by atoms with van der Waals surface area (Å²) in [6.45, 7) is 4.53. The highest BCUT2D eigenvalue weighted by Gasteiger charge is 2.16. The number of carbonyl (C=O) groups is 1. The van der Waals surface area contributed by atoms with Gasteiger partial charge in [-0.3, -0.25) is 4.79 Å². The lowest BCUT2D eigenvalue weighted by atomic mass is 10.1. The lowest BCUT2D eigenvalue weighted by Crippen LogP contribution is -2.30. The molecule has 2 aromatic carbocycles. The fraction of sp³-hybridized carbons (Fsp3) is 0.222. The fourth-order valence-electron chi connectivity index (χ4n) is 2.15. The molecule has 1 N–H and O–H groups in total. The van der Waals surface area contributed by atoms with Crippen LogP contribution in [0.2, 0.25) is 0 Å². The standard InChI is InChI=1S/C18H18N2OS2/c1-12-7-9-14(10-8-12)11-19-17(21)13(2)22-18-20-15-5-3-4-6-16(15)23-18/h3-10,13H,11H2,1-2H3,(H,19,21). The number of thiazole rings is 1. The first-order chi connectivity index (χ1) is 11.1. The zero-order valence-corrected chi connectivity index (χ0v) is 14.7. The minimum absolute atomic E-state index is 0.0369. The fourth-order valence-corrected chi connectivity index (χ4v) is 4.38. The van der Waals surface area contributed by atoms with Gasteiger partial charge in [-0.05, 0) is 31.5 Å². The molecule has 3 rings (SSSR count). The summed E-state index contributed by atoms with van der Waals surface area (Å²) in [4.78, 5) is 16.8. The van der Waals surface area contributed by atoms with Gasteiger partial charge in [-0.25, -0.2) is 4.98 Å². The molecule has 0 saturated heterocycles. The second-order valence-electron chi connectivity index (χ2n) is 5.41. The smallest absolute Gasteiger partial charge is 0.233 e. The number of nitrogens with zero attached hydrogens (tertiary/aromatic N) is 1. The van der Waals surface area contributed by atoms with Gasteiger partial charge in [0.2, 0.25) is 5.91 Å². The van der Waals surface area contributed by atoms with Crippen LogP contribution in [0.15, 0.2) is 52.9 Å². The number of thioether (sulfide) groups is 1. The van der Waals surface area contributed by atoms with Crippen molar-refractivity contribution in [3.63, 3.8) is 0 Å². The Labute approximate surface area is 144 Å². The van der Waals surface area contributed by atoms with E-state index in [9.17, 15) is 4.79 Å². The van der Waals surface area contributed by atoms with Crippen molar-refractivity contribution >= 4 is 39.2 Å². The predicted octanol–water partition coefficient (Wildman–Crippen LogP) is 4.40. The molecular weight excluding hydrogens is 324 g/mol. The van der Waals surface area contributed by atoms with Crippen molar-refractivity contribution in [2.75, 3.05) is 0 Å². The average Bonchev–Trinajstić information content (AvgIpc) is 2.96. The molecule has 0 spiro atoms. The van der Waals surface area contributed by atoms with Crippen LogP contribution in [-0.2, 0) is 11.3 Å². The monoisotopic (exact) mass is 342 g/mol. The number of carbonyl (C=O) groups excluding carboxylic acids is 1. The van der Waals surface area contributed by atoms with Crippen LogP contribution in [0.5, 0.6) is 0 Å². The van der Waals surface area contributed by atoms with Crippen LogP contribution in [0.4, 0.5) is 0 Å². The molecule has 3 nitrogen and oxygen atoms in total. The Morgan fingerprint density at radius 1 is 1.22 bits per heavy atom. The maximum absolute atomic E-state index is 12.2. The van der Waals surface area contributed by atoms with E-state index in [4.69, 9.17) is 0 Å². The highest BCUT2D eigenvalue weighted by molar-refractivity contribution is 8.02. The van der Waals surface area contributed by atoms with E-state index in [1.165, 1.54) is 17.3 Å². The first-order valence-electron chi connectivity index (χ1n) is 7.47. The molecule has 0 saturated carbocycles. The van der Waals surface area contributed by atoms with Gasteiger partial charge in [0, 0.05) is 6.54 Å². The number of para-hydroxylation sites is 1. The number of aromatic nitrogens is 1. The van der Waals surface area contributed by atoms with E-state index < -0.39 is 0 Å². The zero-order valence-electron chi connectivity index (χ0n) is 13.1. The van der Waals surface area contributed by atoms with Crippen LogP contribution in [0, 0.1) is 6.92 Å². The molecular formula is C18H18N2OS2. The molecule has 0 bridgehead atoms. The number of hydrogen-bond donors (Lipinski definition) is 1. The van der Waals surface area contributed by atoms with Crippen molar-refractivity contribution in [3.05, 3.63) is 59.7 Å². The normalized spacial score (nSPS) is 12.3. The molecule has 0 radical (unpaired) electrons. The summed E-state index contributed by atoms with van der Waals surface area (Å²) < 4.78 is 2.09. The zero-order chi connectivity index (χ0) is 16.2. The van der Waals surface area contributed by atoms with Crippen LogP contribution in [-0.4, -0.2) is 16.1 Å². The van der Waals surface area contributed by atoms with E-state index in [1.807, 2.05) is 37.3 Å². The third-order valence-corrected chi connectivity index (χ3v) is 5.74. The summed E-state index contributed by atoms with van der Waals surface area (Å²) >= 11 is 3.14. The summed E-state index contributed by atoms with van der Waals surface area (Å²) in [5.74, 6) is 0.0369. The third-order valence-electron chi connectivity index (χ3n) is 3.51. The summed E-state index contributed by atoms with van der Waals surface area (Å²) in [5.41, 5.74) is 3.33. The van der Waals surface area contributed by atoms with Crippen molar-refractivity contribution < 1.29 is 4.79 Å². The Morgan fingerprint density at radius 3 is 2.70 bits per heavy atom. The summed E-state index contributed by atoms with van der Waals surface area (Å²) in [6.07, 6.45) is 0. The highest BCUT2D eigenvalue weighted by Crippen LogP contribution is 2.31. The number of fused-ring (bicyclic) bond motifs is 1. The molecule has 1 amide bonds. The molecule has 118 valence electrons. The predicted molar refractivity (Wildman–Crippen MR) is 98.0 cm³/mol. The molecule has 1 aromatic heterocycles. The van der Waals surface area contributed by atoms with Crippen LogP contribution in [0.25, 0.3) is 10.2 Å². The van der Waals surface area contributed by atoms with Gasteiger partial charge in [0.25, 0.3) is 0 Å². The third kappa shape index (κ3) is 4.12. The number of rotatable bonds is 5. The van der Waals surface area contributed by atoms with Crippen LogP contribution in [0.1, 0.15) is 18.1 Å². The van der Waals surface area contributed by atoms with Crippen molar-refractivity contribution in [1.29, 1.82) is 0 Å². The molecule has 0 aliphatic rings. The first kappa shape index (κ1) is 16.0. The number of hydrogen-bond acceptors (Lipinski definition) is 4. The van der Waals surface area contributed by atoms with Gasteiger partial charge in [0.1, 0.15) is 0 Å². The molecule has 3 aromatic rings. The Balaban J connectivity index is 1.57. The van der Waals surface area contributed by atoms with E-state index in [0.717, 1.165) is 20.1 Å². The van der Waals surface area contributed by atoms with Gasteiger partial charge in [-0.15, -0.1) is 11.3 Å².